The third-order valence-electron chi connectivity index (χ3n) is 2.82. The molecule has 20 heavy (non-hydrogen) atoms. The SMILES string of the molecule is COCC(O)CN(C)C(=O)CCCOc1ccccc1. The summed E-state index contributed by atoms with van der Waals surface area (Å²) in [5.74, 6) is 0.806. The van der Waals surface area contributed by atoms with Gasteiger partial charge in [0, 0.05) is 27.1 Å². The molecule has 0 heterocycles. The summed E-state index contributed by atoms with van der Waals surface area (Å²) in [5, 5.41) is 9.55. The van der Waals surface area contributed by atoms with E-state index in [9.17, 15) is 9.90 Å². The van der Waals surface area contributed by atoms with Crippen LogP contribution in [0.1, 0.15) is 12.8 Å². The van der Waals surface area contributed by atoms with Crippen molar-refractivity contribution in [3.63, 3.8) is 0 Å². The lowest BCUT2D eigenvalue weighted by Crippen LogP contribution is -2.36. The molecule has 1 amide bonds. The molecule has 0 bridgehead atoms. The lowest BCUT2D eigenvalue weighted by atomic mass is 10.2. The summed E-state index contributed by atoms with van der Waals surface area (Å²) < 4.78 is 10.3. The molecule has 1 N–H and O–H groups in total. The van der Waals surface area contributed by atoms with Gasteiger partial charge in [0.15, 0.2) is 0 Å². The molecule has 112 valence electrons. The molecule has 0 saturated carbocycles. The van der Waals surface area contributed by atoms with Crippen molar-refractivity contribution in [2.24, 2.45) is 0 Å². The third-order valence-corrected chi connectivity index (χ3v) is 2.82. The maximum Gasteiger partial charge on any atom is 0.222 e. The van der Waals surface area contributed by atoms with Gasteiger partial charge in [0.1, 0.15) is 5.75 Å². The van der Waals surface area contributed by atoms with Gasteiger partial charge in [0.25, 0.3) is 0 Å². The first kappa shape index (κ1) is 16.5. The molecule has 0 aromatic heterocycles. The van der Waals surface area contributed by atoms with Crippen LogP contribution in [0.4, 0.5) is 0 Å². The number of methoxy groups -OCH3 is 1. The van der Waals surface area contributed by atoms with Gasteiger partial charge in [-0.1, -0.05) is 18.2 Å². The van der Waals surface area contributed by atoms with Crippen molar-refractivity contribution in [2.45, 2.75) is 18.9 Å². The van der Waals surface area contributed by atoms with E-state index >= 15 is 0 Å². The molecule has 1 atom stereocenters. The molecule has 0 spiro atoms. The van der Waals surface area contributed by atoms with Gasteiger partial charge in [-0.3, -0.25) is 4.79 Å². The average molecular weight is 281 g/mol. The summed E-state index contributed by atoms with van der Waals surface area (Å²) >= 11 is 0. The Labute approximate surface area is 120 Å². The molecule has 5 heteroatoms. The van der Waals surface area contributed by atoms with E-state index in [2.05, 4.69) is 0 Å². The molecule has 1 unspecified atom stereocenters. The Hall–Kier alpha value is -1.59. The van der Waals surface area contributed by atoms with E-state index in [0.717, 1.165) is 5.75 Å². The summed E-state index contributed by atoms with van der Waals surface area (Å²) in [6.07, 6.45) is 0.413. The van der Waals surface area contributed by atoms with Gasteiger partial charge in [0.2, 0.25) is 5.91 Å². The fraction of sp³-hybridized carbons (Fsp3) is 0.533. The lowest BCUT2D eigenvalue weighted by molar-refractivity contribution is -0.131. The normalized spacial score (nSPS) is 11.9. The van der Waals surface area contributed by atoms with E-state index in [1.54, 1.807) is 7.05 Å². The van der Waals surface area contributed by atoms with E-state index in [1.165, 1.54) is 12.0 Å². The molecule has 0 saturated heterocycles. The van der Waals surface area contributed by atoms with Crippen molar-refractivity contribution in [1.29, 1.82) is 0 Å². The fourth-order valence-corrected chi connectivity index (χ4v) is 1.78. The molecule has 5 nitrogen and oxygen atoms in total. The molecule has 1 aromatic carbocycles. The number of ether oxygens (including phenoxy) is 2. The average Bonchev–Trinajstić information content (AvgIpc) is 2.44. The number of amides is 1. The van der Waals surface area contributed by atoms with Gasteiger partial charge in [0.05, 0.1) is 19.3 Å². The Balaban J connectivity index is 2.16. The van der Waals surface area contributed by atoms with Crippen LogP contribution in [-0.4, -0.2) is 55.9 Å². The van der Waals surface area contributed by atoms with Gasteiger partial charge in [-0.05, 0) is 18.6 Å². The number of aliphatic hydroxyl groups excluding tert-OH is 1. The second-order valence-electron chi connectivity index (χ2n) is 4.65. The van der Waals surface area contributed by atoms with E-state index < -0.39 is 6.10 Å². The van der Waals surface area contributed by atoms with Gasteiger partial charge in [-0.15, -0.1) is 0 Å². The number of rotatable bonds is 9. The molecular formula is C15H23NO4. The smallest absolute Gasteiger partial charge is 0.222 e. The summed E-state index contributed by atoms with van der Waals surface area (Å²) in [5.41, 5.74) is 0. The fourth-order valence-electron chi connectivity index (χ4n) is 1.78. The molecular weight excluding hydrogens is 258 g/mol. The quantitative estimate of drug-likeness (QED) is 0.693. The maximum absolute atomic E-state index is 11.8. The van der Waals surface area contributed by atoms with E-state index in [1.807, 2.05) is 30.3 Å². The van der Waals surface area contributed by atoms with Gasteiger partial charge in [-0.25, -0.2) is 0 Å². The van der Waals surface area contributed by atoms with E-state index in [4.69, 9.17) is 9.47 Å². The van der Waals surface area contributed by atoms with Crippen molar-refractivity contribution >= 4 is 5.91 Å². The number of aliphatic hydroxyl groups is 1. The molecule has 0 fully saturated rings. The van der Waals surface area contributed by atoms with Crippen LogP contribution < -0.4 is 4.74 Å². The zero-order chi connectivity index (χ0) is 14.8. The summed E-state index contributed by atoms with van der Waals surface area (Å²) in [4.78, 5) is 13.3. The monoisotopic (exact) mass is 281 g/mol. The Morgan fingerprint density at radius 2 is 2.05 bits per heavy atom. The Morgan fingerprint density at radius 1 is 1.35 bits per heavy atom. The van der Waals surface area contributed by atoms with Crippen LogP contribution in [0.3, 0.4) is 0 Å². The molecule has 1 aromatic rings. The topological polar surface area (TPSA) is 59.0 Å². The number of benzene rings is 1. The third kappa shape index (κ3) is 6.54. The molecule has 1 rings (SSSR count). The molecule has 0 radical (unpaired) electrons. The largest absolute Gasteiger partial charge is 0.494 e. The Kier molecular flexibility index (Phi) is 7.69. The van der Waals surface area contributed by atoms with Gasteiger partial charge in [-0.2, -0.15) is 0 Å². The predicted octanol–water partition coefficient (Wildman–Crippen LogP) is 1.31. The van der Waals surface area contributed by atoms with Crippen LogP contribution in [0.25, 0.3) is 0 Å². The van der Waals surface area contributed by atoms with Crippen molar-refractivity contribution in [3.8, 4) is 5.75 Å². The van der Waals surface area contributed by atoms with Crippen LogP contribution in [0.5, 0.6) is 5.75 Å². The first-order valence-electron chi connectivity index (χ1n) is 6.72. The first-order valence-corrected chi connectivity index (χ1v) is 6.72. The Bertz CT molecular complexity index is 383. The zero-order valence-electron chi connectivity index (χ0n) is 12.1. The number of hydrogen-bond donors (Lipinski definition) is 1. The summed E-state index contributed by atoms with van der Waals surface area (Å²) in [6, 6.07) is 9.51. The number of likely N-dealkylation sites (N-methyl/N-ethyl adjacent to an activating group) is 1. The standard InChI is InChI=1S/C15H23NO4/c1-16(11-13(17)12-19-2)15(18)9-6-10-20-14-7-4-3-5-8-14/h3-5,7-8,13,17H,6,9-12H2,1-2H3. The maximum atomic E-state index is 11.8. The van der Waals surface area contributed by atoms with Gasteiger partial charge >= 0.3 is 0 Å². The Morgan fingerprint density at radius 3 is 2.70 bits per heavy atom. The highest BCUT2D eigenvalue weighted by molar-refractivity contribution is 5.75. The minimum Gasteiger partial charge on any atom is -0.494 e. The van der Waals surface area contributed by atoms with Crippen molar-refractivity contribution in [1.82, 2.24) is 4.90 Å². The predicted molar refractivity (Wildman–Crippen MR) is 76.7 cm³/mol. The van der Waals surface area contributed by atoms with Gasteiger partial charge < -0.3 is 19.5 Å². The van der Waals surface area contributed by atoms with Crippen molar-refractivity contribution in [2.75, 3.05) is 33.9 Å². The number of hydrogen-bond acceptors (Lipinski definition) is 4. The zero-order valence-corrected chi connectivity index (χ0v) is 12.1. The highest BCUT2D eigenvalue weighted by Crippen LogP contribution is 2.09. The highest BCUT2D eigenvalue weighted by Gasteiger charge is 2.13. The first-order chi connectivity index (χ1) is 9.63. The number of carbonyl (C=O) groups is 1. The number of carbonyl (C=O) groups excluding carboxylic acids is 1. The molecule has 0 aliphatic rings. The number of para-hydroxylation sites is 1. The summed E-state index contributed by atoms with van der Waals surface area (Å²) in [6.45, 7) is 1.02. The lowest BCUT2D eigenvalue weighted by Gasteiger charge is -2.20. The van der Waals surface area contributed by atoms with Crippen LogP contribution >= 0.6 is 0 Å². The second-order valence-corrected chi connectivity index (χ2v) is 4.65. The second kappa shape index (κ2) is 9.34. The van der Waals surface area contributed by atoms with E-state index in [-0.39, 0.29) is 19.1 Å². The number of nitrogens with zero attached hydrogens (tertiary/aromatic N) is 1. The van der Waals surface area contributed by atoms with Crippen LogP contribution in [0.15, 0.2) is 30.3 Å². The molecule has 0 aliphatic carbocycles. The minimum absolute atomic E-state index is 0.00295. The van der Waals surface area contributed by atoms with Crippen molar-refractivity contribution < 1.29 is 19.4 Å². The minimum atomic E-state index is -0.644. The van der Waals surface area contributed by atoms with Crippen LogP contribution in [0, 0.1) is 0 Å². The highest BCUT2D eigenvalue weighted by atomic mass is 16.5. The van der Waals surface area contributed by atoms with E-state index in [0.29, 0.717) is 19.4 Å². The van der Waals surface area contributed by atoms with Crippen LogP contribution in [0.2, 0.25) is 0 Å². The van der Waals surface area contributed by atoms with Crippen molar-refractivity contribution in [3.05, 3.63) is 30.3 Å². The van der Waals surface area contributed by atoms with Crippen LogP contribution in [-0.2, 0) is 9.53 Å². The summed E-state index contributed by atoms with van der Waals surface area (Å²) in [7, 11) is 3.20. The molecule has 0 aliphatic heterocycles.